The van der Waals surface area contributed by atoms with Gasteiger partial charge in [0, 0.05) is 30.4 Å². The minimum Gasteiger partial charge on any atom is -0.496 e. The van der Waals surface area contributed by atoms with Gasteiger partial charge >= 0.3 is 5.97 Å². The van der Waals surface area contributed by atoms with Gasteiger partial charge in [-0.25, -0.2) is 9.79 Å². The van der Waals surface area contributed by atoms with Gasteiger partial charge in [0.25, 0.3) is 5.56 Å². The van der Waals surface area contributed by atoms with Crippen molar-refractivity contribution in [3.05, 3.63) is 89.6 Å². The second kappa shape index (κ2) is 11.4. The Morgan fingerprint density at radius 1 is 1.19 bits per heavy atom. The summed E-state index contributed by atoms with van der Waals surface area (Å²) in [4.78, 5) is 34.5. The Kier molecular flexibility index (Phi) is 8.19. The number of ether oxygens (including phenoxy) is 2. The highest BCUT2D eigenvalue weighted by Crippen LogP contribution is 2.38. The molecule has 0 saturated heterocycles. The van der Waals surface area contributed by atoms with Crippen LogP contribution in [0, 0.1) is 0 Å². The second-order valence-electron chi connectivity index (χ2n) is 8.79. The molecule has 0 saturated carbocycles. The molecule has 37 heavy (non-hydrogen) atoms. The Hall–Kier alpha value is -3.36. The maximum Gasteiger partial charge on any atom is 0.338 e. The number of hydrogen-bond donors (Lipinski definition) is 0. The molecule has 2 heterocycles. The molecule has 0 bridgehead atoms. The van der Waals surface area contributed by atoms with Crippen molar-refractivity contribution < 1.29 is 14.3 Å². The summed E-state index contributed by atoms with van der Waals surface area (Å²) in [7, 11) is 5.51. The van der Waals surface area contributed by atoms with Crippen LogP contribution in [0.15, 0.2) is 63.5 Å². The predicted molar refractivity (Wildman–Crippen MR) is 148 cm³/mol. The molecule has 0 unspecified atom stereocenters. The fourth-order valence-electron chi connectivity index (χ4n) is 4.35. The van der Waals surface area contributed by atoms with Crippen molar-refractivity contribution in [1.29, 1.82) is 0 Å². The van der Waals surface area contributed by atoms with Crippen LogP contribution in [0.3, 0.4) is 0 Å². The fourth-order valence-corrected chi connectivity index (χ4v) is 5.55. The number of methoxy groups -OCH3 is 1. The fraction of sp³-hybridized carbons (Fsp3) is 0.321. The van der Waals surface area contributed by atoms with Crippen molar-refractivity contribution in [2.45, 2.75) is 32.7 Å². The lowest BCUT2D eigenvalue weighted by Gasteiger charge is -2.27. The van der Waals surface area contributed by atoms with Crippen LogP contribution in [0.5, 0.6) is 5.75 Å². The summed E-state index contributed by atoms with van der Waals surface area (Å²) in [6.07, 6.45) is 3.18. The van der Waals surface area contributed by atoms with Gasteiger partial charge in [-0.1, -0.05) is 48.4 Å². The van der Waals surface area contributed by atoms with Gasteiger partial charge < -0.3 is 14.4 Å². The number of hydrogen-bond acceptors (Lipinski definition) is 7. The first-order valence-electron chi connectivity index (χ1n) is 12.1. The van der Waals surface area contributed by atoms with Gasteiger partial charge in [0.1, 0.15) is 11.8 Å². The maximum atomic E-state index is 13.9. The number of fused-ring (bicyclic) bond motifs is 1. The van der Waals surface area contributed by atoms with Gasteiger partial charge in [0.2, 0.25) is 0 Å². The van der Waals surface area contributed by atoms with Crippen molar-refractivity contribution in [3.63, 3.8) is 0 Å². The van der Waals surface area contributed by atoms with Crippen molar-refractivity contribution in [2.75, 3.05) is 32.7 Å². The van der Waals surface area contributed by atoms with Crippen LogP contribution in [-0.2, 0) is 9.53 Å². The number of aromatic nitrogens is 1. The molecule has 1 aliphatic rings. The number of anilines is 1. The first-order valence-corrected chi connectivity index (χ1v) is 13.3. The van der Waals surface area contributed by atoms with Gasteiger partial charge in [-0.05, 0) is 55.3 Å². The van der Waals surface area contributed by atoms with Gasteiger partial charge in [0.05, 0.1) is 29.5 Å². The zero-order valence-corrected chi connectivity index (χ0v) is 23.2. The third-order valence-corrected chi connectivity index (χ3v) is 7.30. The standard InChI is InChI=1S/C28H30ClN3O4S/c1-6-8-21-24(27(34)36-7-2)25(20-16-18(29)11-14-22(20)35-5)32-26(33)23(37-28(32)30-21)15-17-9-12-19(13-10-17)31(3)4/h9-16,25H,6-8H2,1-5H3/b23-15+/t25-/m1/s1. The van der Waals surface area contributed by atoms with Crippen LogP contribution in [-0.4, -0.2) is 38.3 Å². The SMILES string of the molecule is CCCC1=C(C(=O)OCC)[C@@H](c2cc(Cl)ccc2OC)n2c(s/c(=C/c3ccc(N(C)C)cc3)c2=O)=N1. The number of carbonyl (C=O) groups is 1. The highest BCUT2D eigenvalue weighted by atomic mass is 35.5. The van der Waals surface area contributed by atoms with Crippen LogP contribution in [0.2, 0.25) is 5.02 Å². The quantitative estimate of drug-likeness (QED) is 0.399. The molecule has 3 aromatic rings. The molecular formula is C28H30ClN3O4S. The minimum atomic E-state index is -0.788. The van der Waals surface area contributed by atoms with Crippen LogP contribution in [0.1, 0.15) is 43.9 Å². The summed E-state index contributed by atoms with van der Waals surface area (Å²) in [5.41, 5.74) is 3.25. The van der Waals surface area contributed by atoms with Gasteiger partial charge in [-0.3, -0.25) is 9.36 Å². The molecule has 1 aromatic heterocycles. The van der Waals surface area contributed by atoms with Crippen LogP contribution >= 0.6 is 22.9 Å². The number of carbonyl (C=O) groups excluding carboxylic acids is 1. The molecule has 0 fully saturated rings. The number of halogens is 1. The smallest absolute Gasteiger partial charge is 0.338 e. The summed E-state index contributed by atoms with van der Waals surface area (Å²) < 4.78 is 13.2. The first kappa shape index (κ1) is 26.7. The second-order valence-corrected chi connectivity index (χ2v) is 10.2. The van der Waals surface area contributed by atoms with E-state index in [4.69, 9.17) is 26.1 Å². The Labute approximate surface area is 224 Å². The van der Waals surface area contributed by atoms with E-state index < -0.39 is 12.0 Å². The number of benzene rings is 2. The molecule has 4 rings (SSSR count). The van der Waals surface area contributed by atoms with Crippen molar-refractivity contribution in [3.8, 4) is 5.75 Å². The molecule has 0 spiro atoms. The van der Waals surface area contributed by atoms with E-state index in [9.17, 15) is 9.59 Å². The lowest BCUT2D eigenvalue weighted by molar-refractivity contribution is -0.139. The van der Waals surface area contributed by atoms with E-state index in [2.05, 4.69) is 0 Å². The molecule has 0 radical (unpaired) electrons. The molecule has 0 aliphatic carbocycles. The highest BCUT2D eigenvalue weighted by molar-refractivity contribution is 7.07. The summed E-state index contributed by atoms with van der Waals surface area (Å²) in [6, 6.07) is 12.3. The van der Waals surface area contributed by atoms with Crippen LogP contribution < -0.4 is 24.5 Å². The number of nitrogens with zero attached hydrogens (tertiary/aromatic N) is 3. The Balaban J connectivity index is 2.00. The van der Waals surface area contributed by atoms with E-state index in [1.165, 1.54) is 11.3 Å². The molecule has 2 aromatic carbocycles. The third-order valence-electron chi connectivity index (χ3n) is 6.09. The largest absolute Gasteiger partial charge is 0.496 e. The third kappa shape index (κ3) is 5.36. The molecule has 7 nitrogen and oxygen atoms in total. The zero-order valence-electron chi connectivity index (χ0n) is 21.6. The van der Waals surface area contributed by atoms with E-state index in [1.54, 1.807) is 36.8 Å². The molecule has 1 atom stereocenters. The number of esters is 1. The van der Waals surface area contributed by atoms with E-state index >= 15 is 0 Å². The monoisotopic (exact) mass is 539 g/mol. The Morgan fingerprint density at radius 2 is 1.92 bits per heavy atom. The summed E-state index contributed by atoms with van der Waals surface area (Å²) in [5.74, 6) is 0.0121. The van der Waals surface area contributed by atoms with Crippen molar-refractivity contribution in [1.82, 2.24) is 4.57 Å². The van der Waals surface area contributed by atoms with Crippen LogP contribution in [0.25, 0.3) is 6.08 Å². The summed E-state index contributed by atoms with van der Waals surface area (Å²) in [6.45, 7) is 3.98. The molecule has 0 N–H and O–H groups in total. The van der Waals surface area contributed by atoms with Gasteiger partial charge in [-0.15, -0.1) is 0 Å². The van der Waals surface area contributed by atoms with Crippen molar-refractivity contribution >= 4 is 40.7 Å². The minimum absolute atomic E-state index is 0.203. The molecule has 0 amide bonds. The molecule has 1 aliphatic heterocycles. The average molecular weight is 540 g/mol. The predicted octanol–water partition coefficient (Wildman–Crippen LogP) is 4.31. The molecular weight excluding hydrogens is 510 g/mol. The molecule has 194 valence electrons. The lowest BCUT2D eigenvalue weighted by Crippen LogP contribution is -2.40. The Bertz CT molecular complexity index is 1520. The highest BCUT2D eigenvalue weighted by Gasteiger charge is 2.36. The van der Waals surface area contributed by atoms with Crippen LogP contribution in [0.4, 0.5) is 5.69 Å². The van der Waals surface area contributed by atoms with E-state index in [1.807, 2.05) is 56.3 Å². The number of allylic oxidation sites excluding steroid dienone is 1. The molecule has 9 heteroatoms. The van der Waals surface area contributed by atoms with Crippen molar-refractivity contribution in [2.24, 2.45) is 4.99 Å². The summed E-state index contributed by atoms with van der Waals surface area (Å²) >= 11 is 7.69. The lowest BCUT2D eigenvalue weighted by atomic mass is 9.93. The number of thiazole rings is 1. The normalized spacial score (nSPS) is 15.3. The first-order chi connectivity index (χ1) is 17.8. The van der Waals surface area contributed by atoms with E-state index in [-0.39, 0.29) is 12.2 Å². The Morgan fingerprint density at radius 3 is 2.54 bits per heavy atom. The number of rotatable bonds is 8. The average Bonchev–Trinajstić information content (AvgIpc) is 3.18. The van der Waals surface area contributed by atoms with E-state index in [0.717, 1.165) is 17.7 Å². The van der Waals surface area contributed by atoms with Gasteiger partial charge in [-0.2, -0.15) is 0 Å². The summed E-state index contributed by atoms with van der Waals surface area (Å²) in [5, 5.41) is 0.469. The maximum absolute atomic E-state index is 13.9. The zero-order chi connectivity index (χ0) is 26.7. The topological polar surface area (TPSA) is 73.1 Å². The van der Waals surface area contributed by atoms with E-state index in [0.29, 0.717) is 43.4 Å². The van der Waals surface area contributed by atoms with Gasteiger partial charge in [0.15, 0.2) is 4.80 Å².